The molecule has 0 aliphatic carbocycles. The van der Waals surface area contributed by atoms with Gasteiger partial charge >= 0.3 is 0 Å². The molecule has 0 aliphatic heterocycles. The van der Waals surface area contributed by atoms with Crippen LogP contribution in [0, 0.1) is 0 Å². The Labute approximate surface area is 167 Å². The number of Topliss-reactive ketones (excluding diaryl/α,β-unsaturated/α-hetero) is 1. The molecule has 0 bridgehead atoms. The molecule has 0 heterocycles. The minimum Gasteiger partial charge on any atom is -0.325 e. The smallest absolute Gasteiger partial charge is 0.238 e. The van der Waals surface area contributed by atoms with Crippen molar-refractivity contribution >= 4 is 52.2 Å². The predicted octanol–water partition coefficient (Wildman–Crippen LogP) is 3.71. The summed E-state index contributed by atoms with van der Waals surface area (Å²) in [6.07, 6.45) is 0. The number of rotatable bonds is 7. The van der Waals surface area contributed by atoms with Gasteiger partial charge in [-0.1, -0.05) is 35.3 Å². The van der Waals surface area contributed by atoms with Gasteiger partial charge in [0.15, 0.2) is 5.78 Å². The molecule has 0 atom stereocenters. The standard InChI is InChI=1S/C19H19Cl2N3O3/c1-12(25)14-5-3-4-6-17(14)23-19(27)11-24(2)10-18(26)22-13-7-8-15(20)16(21)9-13/h3-9H,10-11H2,1-2H3,(H,22,26)(H,23,27). The maximum absolute atomic E-state index is 12.2. The summed E-state index contributed by atoms with van der Waals surface area (Å²) < 4.78 is 0. The number of nitrogens with one attached hydrogen (secondary N) is 2. The number of benzene rings is 2. The number of carbonyl (C=O) groups excluding carboxylic acids is 3. The highest BCUT2D eigenvalue weighted by atomic mass is 35.5. The van der Waals surface area contributed by atoms with Crippen molar-refractivity contribution in [2.24, 2.45) is 0 Å². The fourth-order valence-electron chi connectivity index (χ4n) is 2.41. The molecule has 2 aromatic rings. The molecule has 0 aromatic heterocycles. The lowest BCUT2D eigenvalue weighted by atomic mass is 10.1. The minimum atomic E-state index is -0.325. The summed E-state index contributed by atoms with van der Waals surface area (Å²) in [4.78, 5) is 37.4. The van der Waals surface area contributed by atoms with Crippen LogP contribution >= 0.6 is 23.2 Å². The maximum atomic E-state index is 12.2. The summed E-state index contributed by atoms with van der Waals surface area (Å²) in [6.45, 7) is 1.42. The second-order valence-electron chi connectivity index (χ2n) is 6.00. The largest absolute Gasteiger partial charge is 0.325 e. The lowest BCUT2D eigenvalue weighted by Gasteiger charge is -2.17. The average molecular weight is 408 g/mol. The van der Waals surface area contributed by atoms with E-state index in [2.05, 4.69) is 10.6 Å². The van der Waals surface area contributed by atoms with Gasteiger partial charge in [0, 0.05) is 11.3 Å². The number of nitrogens with zero attached hydrogens (tertiary/aromatic N) is 1. The third-order valence-corrected chi connectivity index (χ3v) is 4.35. The first kappa shape index (κ1) is 20.9. The summed E-state index contributed by atoms with van der Waals surface area (Å²) in [6, 6.07) is 11.5. The Morgan fingerprint density at radius 2 is 1.56 bits per heavy atom. The molecule has 0 fully saturated rings. The van der Waals surface area contributed by atoms with Crippen LogP contribution in [0.25, 0.3) is 0 Å². The Morgan fingerprint density at radius 3 is 2.19 bits per heavy atom. The molecule has 0 spiro atoms. The topological polar surface area (TPSA) is 78.5 Å². The predicted molar refractivity (Wildman–Crippen MR) is 108 cm³/mol. The molecule has 0 unspecified atom stereocenters. The van der Waals surface area contributed by atoms with Gasteiger partial charge in [0.05, 0.1) is 28.8 Å². The number of amides is 2. The Hall–Kier alpha value is -2.41. The number of hydrogen-bond donors (Lipinski definition) is 2. The number of halogens is 2. The molecule has 2 aromatic carbocycles. The van der Waals surface area contributed by atoms with Gasteiger partial charge in [0.2, 0.25) is 11.8 Å². The first-order chi connectivity index (χ1) is 12.8. The van der Waals surface area contributed by atoms with E-state index in [1.807, 2.05) is 0 Å². The van der Waals surface area contributed by atoms with Gasteiger partial charge in [-0.2, -0.15) is 0 Å². The van der Waals surface area contributed by atoms with E-state index >= 15 is 0 Å². The highest BCUT2D eigenvalue weighted by molar-refractivity contribution is 6.42. The zero-order valence-corrected chi connectivity index (χ0v) is 16.4. The van der Waals surface area contributed by atoms with Gasteiger partial charge in [0.25, 0.3) is 0 Å². The maximum Gasteiger partial charge on any atom is 0.238 e. The van der Waals surface area contributed by atoms with Crippen molar-refractivity contribution in [3.63, 3.8) is 0 Å². The van der Waals surface area contributed by atoms with Crippen LogP contribution in [0.2, 0.25) is 10.0 Å². The second kappa shape index (κ2) is 9.50. The van der Waals surface area contributed by atoms with Crippen LogP contribution < -0.4 is 10.6 Å². The molecule has 0 saturated heterocycles. The molecule has 142 valence electrons. The fraction of sp³-hybridized carbons (Fsp3) is 0.211. The number of anilines is 2. The number of carbonyl (C=O) groups is 3. The number of ketones is 1. The van der Waals surface area contributed by atoms with Crippen molar-refractivity contribution in [1.29, 1.82) is 0 Å². The Bertz CT molecular complexity index is 871. The molecule has 2 amide bonds. The van der Waals surface area contributed by atoms with E-state index in [4.69, 9.17) is 23.2 Å². The van der Waals surface area contributed by atoms with Gasteiger partial charge in [-0.3, -0.25) is 19.3 Å². The van der Waals surface area contributed by atoms with Gasteiger partial charge in [-0.05, 0) is 44.3 Å². The van der Waals surface area contributed by atoms with Gasteiger partial charge in [-0.25, -0.2) is 0 Å². The summed E-state index contributed by atoms with van der Waals surface area (Å²) in [5.41, 5.74) is 1.40. The Balaban J connectivity index is 1.88. The molecular formula is C19H19Cl2N3O3. The van der Waals surface area contributed by atoms with Crippen molar-refractivity contribution in [2.75, 3.05) is 30.8 Å². The summed E-state index contributed by atoms with van der Waals surface area (Å²) in [7, 11) is 1.64. The molecule has 8 heteroatoms. The van der Waals surface area contributed by atoms with E-state index in [1.54, 1.807) is 54.4 Å². The van der Waals surface area contributed by atoms with Crippen molar-refractivity contribution < 1.29 is 14.4 Å². The monoisotopic (exact) mass is 407 g/mol. The van der Waals surface area contributed by atoms with E-state index in [0.29, 0.717) is 27.0 Å². The van der Waals surface area contributed by atoms with Crippen LogP contribution in [-0.2, 0) is 9.59 Å². The normalized spacial score (nSPS) is 10.6. The lowest BCUT2D eigenvalue weighted by Crippen LogP contribution is -2.36. The van der Waals surface area contributed by atoms with Crippen molar-refractivity contribution in [2.45, 2.75) is 6.92 Å². The second-order valence-corrected chi connectivity index (χ2v) is 6.81. The highest BCUT2D eigenvalue weighted by Gasteiger charge is 2.14. The van der Waals surface area contributed by atoms with Gasteiger partial charge in [0.1, 0.15) is 0 Å². The van der Waals surface area contributed by atoms with Gasteiger partial charge in [-0.15, -0.1) is 0 Å². The van der Waals surface area contributed by atoms with Crippen LogP contribution in [0.1, 0.15) is 17.3 Å². The zero-order chi connectivity index (χ0) is 20.0. The molecule has 2 N–H and O–H groups in total. The molecule has 2 rings (SSSR count). The highest BCUT2D eigenvalue weighted by Crippen LogP contribution is 2.24. The number of hydrogen-bond acceptors (Lipinski definition) is 4. The van der Waals surface area contributed by atoms with Crippen LogP contribution in [0.4, 0.5) is 11.4 Å². The van der Waals surface area contributed by atoms with Gasteiger partial charge < -0.3 is 10.6 Å². The first-order valence-electron chi connectivity index (χ1n) is 8.09. The fourth-order valence-corrected chi connectivity index (χ4v) is 2.71. The third kappa shape index (κ3) is 6.36. The zero-order valence-electron chi connectivity index (χ0n) is 14.9. The average Bonchev–Trinajstić information content (AvgIpc) is 2.58. The van der Waals surface area contributed by atoms with Crippen molar-refractivity contribution in [3.05, 3.63) is 58.1 Å². The van der Waals surface area contributed by atoms with Crippen LogP contribution in [0.3, 0.4) is 0 Å². The summed E-state index contributed by atoms with van der Waals surface area (Å²) in [5, 5.41) is 6.12. The van der Waals surface area contributed by atoms with E-state index < -0.39 is 0 Å². The quantitative estimate of drug-likeness (QED) is 0.685. The summed E-state index contributed by atoms with van der Waals surface area (Å²) in [5.74, 6) is -0.762. The van der Waals surface area contributed by atoms with Crippen LogP contribution in [-0.4, -0.2) is 42.6 Å². The summed E-state index contributed by atoms with van der Waals surface area (Å²) >= 11 is 11.8. The third-order valence-electron chi connectivity index (χ3n) is 3.61. The molecule has 27 heavy (non-hydrogen) atoms. The van der Waals surface area contributed by atoms with Crippen LogP contribution in [0.5, 0.6) is 0 Å². The Morgan fingerprint density at radius 1 is 0.926 bits per heavy atom. The van der Waals surface area contributed by atoms with Crippen LogP contribution in [0.15, 0.2) is 42.5 Å². The Kier molecular flexibility index (Phi) is 7.36. The van der Waals surface area contributed by atoms with E-state index in [-0.39, 0.29) is 30.7 Å². The van der Waals surface area contributed by atoms with Crippen molar-refractivity contribution in [3.8, 4) is 0 Å². The molecular weight excluding hydrogens is 389 g/mol. The van der Waals surface area contributed by atoms with E-state index in [0.717, 1.165) is 0 Å². The molecule has 6 nitrogen and oxygen atoms in total. The number of likely N-dealkylation sites (N-methyl/N-ethyl adjacent to an activating group) is 1. The molecule has 0 radical (unpaired) electrons. The van der Waals surface area contributed by atoms with Crippen molar-refractivity contribution in [1.82, 2.24) is 4.90 Å². The number of para-hydroxylation sites is 1. The molecule has 0 saturated carbocycles. The van der Waals surface area contributed by atoms with E-state index in [9.17, 15) is 14.4 Å². The first-order valence-corrected chi connectivity index (χ1v) is 8.85. The SMILES string of the molecule is CC(=O)c1ccccc1NC(=O)CN(C)CC(=O)Nc1ccc(Cl)c(Cl)c1. The lowest BCUT2D eigenvalue weighted by molar-refractivity contribution is -0.119. The molecule has 0 aliphatic rings. The van der Waals surface area contributed by atoms with E-state index in [1.165, 1.54) is 6.92 Å². The minimum absolute atomic E-state index is 0.00200.